The molecule has 5 heterocycles. The first kappa shape index (κ1) is 23.6. The van der Waals surface area contributed by atoms with Gasteiger partial charge in [-0.05, 0) is 35.7 Å². The van der Waals surface area contributed by atoms with Crippen LogP contribution in [0.5, 0.6) is 0 Å². The Morgan fingerprint density at radius 3 is 2.62 bits per heavy atom. The summed E-state index contributed by atoms with van der Waals surface area (Å²) >= 11 is 0. The summed E-state index contributed by atoms with van der Waals surface area (Å²) < 4.78 is 0.945. The molecular formula is C32H33N4O+. The van der Waals surface area contributed by atoms with Gasteiger partial charge >= 0.3 is 0 Å². The Morgan fingerprint density at radius 2 is 1.81 bits per heavy atom. The maximum absolute atomic E-state index is 13.6. The number of hydrogen-bond acceptors (Lipinski definition) is 3. The number of para-hydroxylation sites is 1. The van der Waals surface area contributed by atoms with Crippen molar-refractivity contribution in [1.29, 1.82) is 0 Å². The molecule has 3 aliphatic heterocycles. The molecule has 0 saturated carbocycles. The molecule has 3 fully saturated rings. The van der Waals surface area contributed by atoms with E-state index in [1.807, 2.05) is 30.5 Å². The monoisotopic (exact) mass is 489 g/mol. The molecule has 3 saturated heterocycles. The van der Waals surface area contributed by atoms with Gasteiger partial charge in [0.25, 0.3) is 5.91 Å². The van der Waals surface area contributed by atoms with E-state index in [0.717, 1.165) is 47.0 Å². The minimum absolute atomic E-state index is 0.132. The van der Waals surface area contributed by atoms with Gasteiger partial charge in [0.2, 0.25) is 0 Å². The van der Waals surface area contributed by atoms with Crippen LogP contribution in [0.2, 0.25) is 0 Å². The lowest BCUT2D eigenvalue weighted by Gasteiger charge is -2.59. The zero-order valence-electron chi connectivity index (χ0n) is 21.0. The van der Waals surface area contributed by atoms with Gasteiger partial charge in [-0.3, -0.25) is 14.8 Å². The third kappa shape index (κ3) is 4.44. The predicted octanol–water partition coefficient (Wildman–Crippen LogP) is 5.71. The molecule has 0 aliphatic carbocycles. The summed E-state index contributed by atoms with van der Waals surface area (Å²) in [5, 5.41) is 4.56. The zero-order chi connectivity index (χ0) is 25.2. The van der Waals surface area contributed by atoms with Crippen LogP contribution >= 0.6 is 0 Å². The largest absolute Gasteiger partial charge is 0.338 e. The maximum Gasteiger partial charge on any atom is 0.270 e. The lowest BCUT2D eigenvalue weighted by molar-refractivity contribution is -0.983. The Balaban J connectivity index is 1.47. The Labute approximate surface area is 218 Å². The standard InChI is InChI=1S/C32H32N4O/c1-2-24-22-36(21-23-10-4-3-5-11-23)19-16-25(24)20-30(36)31(35-32(37)29-14-8-9-17-33-29)27-15-18-34-28-13-7-6-12-26(27)28/h2-15,17-18,24-25,30-31H,1,16,19-22H2/p+1/t24-,25-,30+,31-,36+/m0/s1. The van der Waals surface area contributed by atoms with E-state index in [2.05, 4.69) is 76.5 Å². The van der Waals surface area contributed by atoms with E-state index in [-0.39, 0.29) is 18.0 Å². The Morgan fingerprint density at radius 1 is 1.00 bits per heavy atom. The summed E-state index contributed by atoms with van der Waals surface area (Å²) in [4.78, 5) is 22.6. The maximum atomic E-state index is 13.6. The number of quaternary nitrogens is 1. The zero-order valence-corrected chi connectivity index (χ0v) is 21.0. The average Bonchev–Trinajstić information content (AvgIpc) is 2.96. The number of hydrogen-bond donors (Lipinski definition) is 1. The quantitative estimate of drug-likeness (QED) is 0.267. The molecule has 1 amide bonds. The van der Waals surface area contributed by atoms with Gasteiger partial charge in [0.1, 0.15) is 24.3 Å². The molecule has 7 rings (SSSR count). The van der Waals surface area contributed by atoms with Crippen LogP contribution in [0.15, 0.2) is 104 Å². The number of pyridine rings is 2. The molecule has 0 radical (unpaired) electrons. The average molecular weight is 490 g/mol. The predicted molar refractivity (Wildman–Crippen MR) is 147 cm³/mol. The second-order valence-electron chi connectivity index (χ2n) is 10.6. The highest BCUT2D eigenvalue weighted by Crippen LogP contribution is 2.48. The number of piperidine rings is 3. The van der Waals surface area contributed by atoms with Gasteiger partial charge in [-0.1, -0.05) is 60.7 Å². The fourth-order valence-corrected chi connectivity index (χ4v) is 6.83. The van der Waals surface area contributed by atoms with Crippen LogP contribution in [-0.4, -0.2) is 39.5 Å². The van der Waals surface area contributed by atoms with Crippen molar-refractivity contribution in [3.8, 4) is 0 Å². The molecule has 186 valence electrons. The first-order chi connectivity index (χ1) is 18.2. The molecule has 5 atom stereocenters. The summed E-state index contributed by atoms with van der Waals surface area (Å²) in [5.41, 5.74) is 3.87. The van der Waals surface area contributed by atoms with E-state index in [9.17, 15) is 4.79 Å². The number of fused-ring (bicyclic) bond motifs is 4. The molecule has 4 aromatic rings. The second-order valence-corrected chi connectivity index (χ2v) is 10.6. The van der Waals surface area contributed by atoms with E-state index in [0.29, 0.717) is 17.5 Å². The number of rotatable bonds is 7. The Hall–Kier alpha value is -3.83. The van der Waals surface area contributed by atoms with Crippen molar-refractivity contribution >= 4 is 16.8 Å². The number of aromatic nitrogens is 2. The van der Waals surface area contributed by atoms with E-state index < -0.39 is 0 Å². The minimum Gasteiger partial charge on any atom is -0.338 e. The summed E-state index contributed by atoms with van der Waals surface area (Å²) in [6.45, 7) is 7.30. The lowest BCUT2D eigenvalue weighted by atomic mass is 9.70. The first-order valence-electron chi connectivity index (χ1n) is 13.2. The summed E-state index contributed by atoms with van der Waals surface area (Å²) in [7, 11) is 0. The van der Waals surface area contributed by atoms with Gasteiger partial charge in [-0.2, -0.15) is 0 Å². The van der Waals surface area contributed by atoms with Crippen LogP contribution in [0.4, 0.5) is 0 Å². The Bertz CT molecular complexity index is 1400. The number of amides is 1. The van der Waals surface area contributed by atoms with Crippen LogP contribution in [0.25, 0.3) is 10.9 Å². The lowest BCUT2D eigenvalue weighted by Crippen LogP contribution is -2.69. The molecular weight excluding hydrogens is 456 g/mol. The van der Waals surface area contributed by atoms with E-state index in [1.54, 1.807) is 12.3 Å². The van der Waals surface area contributed by atoms with Crippen LogP contribution in [0.1, 0.15) is 40.5 Å². The van der Waals surface area contributed by atoms with Gasteiger partial charge in [0.05, 0.1) is 18.6 Å². The van der Waals surface area contributed by atoms with E-state index >= 15 is 0 Å². The molecule has 0 unspecified atom stereocenters. The molecule has 2 bridgehead atoms. The van der Waals surface area contributed by atoms with Gasteiger partial charge < -0.3 is 9.80 Å². The summed E-state index contributed by atoms with van der Waals surface area (Å²) in [6, 6.07) is 26.7. The fourth-order valence-electron chi connectivity index (χ4n) is 6.83. The van der Waals surface area contributed by atoms with Gasteiger partial charge in [0.15, 0.2) is 0 Å². The molecule has 2 aromatic heterocycles. The van der Waals surface area contributed by atoms with Crippen molar-refractivity contribution in [1.82, 2.24) is 15.3 Å². The first-order valence-corrected chi connectivity index (χ1v) is 13.2. The topological polar surface area (TPSA) is 54.9 Å². The summed E-state index contributed by atoms with van der Waals surface area (Å²) in [6.07, 6.45) is 7.96. The highest BCUT2D eigenvalue weighted by Gasteiger charge is 2.54. The fraction of sp³-hybridized carbons (Fsp3) is 0.281. The Kier molecular flexibility index (Phi) is 6.31. The van der Waals surface area contributed by atoms with Crippen molar-refractivity contribution in [3.63, 3.8) is 0 Å². The molecule has 0 spiro atoms. The normalized spacial score (nSPS) is 25.5. The SMILES string of the molecule is C=C[C@H]1C[N@+]2(Cc3ccccc3)CC[C@H]1C[C@@H]2[C@@H](NC(=O)c1ccccn1)c1ccnc2ccccc12. The third-order valence-corrected chi connectivity index (χ3v) is 8.60. The number of carbonyl (C=O) groups is 1. The van der Waals surface area contributed by atoms with E-state index in [4.69, 9.17) is 0 Å². The smallest absolute Gasteiger partial charge is 0.270 e. The van der Waals surface area contributed by atoms with Crippen LogP contribution in [-0.2, 0) is 6.54 Å². The minimum atomic E-state index is -0.167. The van der Waals surface area contributed by atoms with Gasteiger partial charge in [-0.25, -0.2) is 0 Å². The molecule has 1 N–H and O–H groups in total. The van der Waals surface area contributed by atoms with Crippen LogP contribution in [0, 0.1) is 11.8 Å². The van der Waals surface area contributed by atoms with Crippen LogP contribution < -0.4 is 5.32 Å². The summed E-state index contributed by atoms with van der Waals surface area (Å²) in [5.74, 6) is 0.947. The van der Waals surface area contributed by atoms with Gasteiger partial charge in [0, 0.05) is 42.1 Å². The second kappa shape index (κ2) is 9.91. The highest BCUT2D eigenvalue weighted by molar-refractivity contribution is 5.93. The molecule has 37 heavy (non-hydrogen) atoms. The molecule has 2 aromatic carbocycles. The van der Waals surface area contributed by atoms with Crippen molar-refractivity contribution < 1.29 is 9.28 Å². The number of benzene rings is 2. The molecule has 3 aliphatic rings. The van der Waals surface area contributed by atoms with Crippen molar-refractivity contribution in [2.24, 2.45) is 11.8 Å². The van der Waals surface area contributed by atoms with Crippen molar-refractivity contribution in [3.05, 3.63) is 121 Å². The number of nitrogens with one attached hydrogen (secondary N) is 1. The number of nitrogens with zero attached hydrogens (tertiary/aromatic N) is 3. The highest BCUT2D eigenvalue weighted by atomic mass is 16.2. The molecule has 5 heteroatoms. The van der Waals surface area contributed by atoms with E-state index in [1.165, 1.54) is 12.0 Å². The van der Waals surface area contributed by atoms with Crippen molar-refractivity contribution in [2.75, 3.05) is 13.1 Å². The van der Waals surface area contributed by atoms with Crippen LogP contribution in [0.3, 0.4) is 0 Å². The van der Waals surface area contributed by atoms with Gasteiger partial charge in [-0.15, -0.1) is 6.58 Å². The third-order valence-electron chi connectivity index (χ3n) is 8.60. The van der Waals surface area contributed by atoms with Crippen molar-refractivity contribution in [2.45, 2.75) is 31.5 Å². The number of carbonyl (C=O) groups excluding carboxylic acids is 1. The molecule has 5 nitrogen and oxygen atoms in total.